The van der Waals surface area contributed by atoms with Crippen molar-refractivity contribution in [3.05, 3.63) is 55.3 Å². The Balaban J connectivity index is 2.60. The lowest BCUT2D eigenvalue weighted by molar-refractivity contribution is 0.146. The molecule has 0 saturated heterocycles. The van der Waals surface area contributed by atoms with Gasteiger partial charge in [-0.1, -0.05) is 31.4 Å². The molecule has 4 nitrogen and oxygen atoms in total. The Morgan fingerprint density at radius 2 is 1.95 bits per heavy atom. The average molecular weight is 282 g/mol. The summed E-state index contributed by atoms with van der Waals surface area (Å²) in [6.45, 7) is 9.61. The minimum atomic E-state index is -3.28. The molecule has 0 aliphatic carbocycles. The summed E-state index contributed by atoms with van der Waals surface area (Å²) in [7, 11) is -3.28. The van der Waals surface area contributed by atoms with Crippen molar-refractivity contribution >= 4 is 12.9 Å². The zero-order valence-corrected chi connectivity index (χ0v) is 12.0. The quantitative estimate of drug-likeness (QED) is 0.302. The smallest absolute Gasteiger partial charge is 0.361 e. The molecule has 0 saturated carbocycles. The summed E-state index contributed by atoms with van der Waals surface area (Å²) < 4.78 is 28.4. The number of hydrogen-bond donors (Lipinski definition) is 0. The van der Waals surface area contributed by atoms with Crippen LogP contribution in [0.3, 0.4) is 0 Å². The zero-order chi connectivity index (χ0) is 14.1. The molecular weight excluding hydrogens is 263 g/mol. The highest BCUT2D eigenvalue weighted by Crippen LogP contribution is 2.46. The van der Waals surface area contributed by atoms with Crippen molar-refractivity contribution in [1.82, 2.24) is 0 Å². The van der Waals surface area contributed by atoms with E-state index in [9.17, 15) is 4.57 Å². The minimum Gasteiger partial charge on any atom is -0.492 e. The predicted molar refractivity (Wildman–Crippen MR) is 76.5 cm³/mol. The molecule has 19 heavy (non-hydrogen) atoms. The van der Waals surface area contributed by atoms with E-state index in [2.05, 4.69) is 13.2 Å². The maximum atomic E-state index is 12.6. The van der Waals surface area contributed by atoms with Crippen LogP contribution in [0.25, 0.3) is 0 Å². The number of ether oxygens (including phenoxy) is 1. The fraction of sp³-hybridized carbons (Fsp3) is 0.286. The van der Waals surface area contributed by atoms with E-state index in [1.54, 1.807) is 31.2 Å². The Kier molecular flexibility index (Phi) is 6.57. The molecule has 1 rings (SSSR count). The van der Waals surface area contributed by atoms with Gasteiger partial charge in [-0.05, 0) is 25.1 Å². The van der Waals surface area contributed by atoms with Gasteiger partial charge in [-0.2, -0.15) is 0 Å². The number of rotatable bonds is 9. The van der Waals surface area contributed by atoms with Gasteiger partial charge in [0, 0.05) is 0 Å². The summed E-state index contributed by atoms with van der Waals surface area (Å²) in [5, 5.41) is 0.541. The molecule has 0 heterocycles. The largest absolute Gasteiger partial charge is 0.492 e. The zero-order valence-electron chi connectivity index (χ0n) is 11.1. The van der Waals surface area contributed by atoms with Crippen LogP contribution < -0.4 is 5.30 Å². The number of hydrogen-bond acceptors (Lipinski definition) is 4. The number of allylic oxidation sites excluding steroid dienone is 1. The second-order valence-electron chi connectivity index (χ2n) is 3.60. The van der Waals surface area contributed by atoms with Crippen LogP contribution in [0.5, 0.6) is 0 Å². The Morgan fingerprint density at radius 3 is 2.53 bits per heavy atom. The van der Waals surface area contributed by atoms with Crippen molar-refractivity contribution in [1.29, 1.82) is 0 Å². The predicted octanol–water partition coefficient (Wildman–Crippen LogP) is 3.27. The fourth-order valence-corrected chi connectivity index (χ4v) is 2.92. The van der Waals surface area contributed by atoms with Crippen molar-refractivity contribution < 1.29 is 18.3 Å². The molecule has 0 radical (unpaired) electrons. The first-order chi connectivity index (χ1) is 9.12. The molecule has 1 unspecified atom stereocenters. The lowest BCUT2D eigenvalue weighted by atomic mass is 10.4. The second kappa shape index (κ2) is 7.95. The van der Waals surface area contributed by atoms with Gasteiger partial charge in [-0.3, -0.25) is 4.57 Å². The molecule has 1 aromatic carbocycles. The molecule has 0 bridgehead atoms. The van der Waals surface area contributed by atoms with Crippen molar-refractivity contribution in [2.24, 2.45) is 0 Å². The van der Waals surface area contributed by atoms with E-state index in [0.717, 1.165) is 0 Å². The van der Waals surface area contributed by atoms with Gasteiger partial charge in [0.2, 0.25) is 0 Å². The van der Waals surface area contributed by atoms with Gasteiger partial charge in [0.15, 0.2) is 0 Å². The monoisotopic (exact) mass is 282 g/mol. The van der Waals surface area contributed by atoms with Crippen LogP contribution in [-0.4, -0.2) is 19.8 Å². The van der Waals surface area contributed by atoms with E-state index in [1.165, 1.54) is 6.08 Å². The average Bonchev–Trinajstić information content (AvgIpc) is 2.44. The van der Waals surface area contributed by atoms with E-state index in [-0.39, 0.29) is 13.2 Å². The molecule has 104 valence electrons. The molecule has 0 fully saturated rings. The summed E-state index contributed by atoms with van der Waals surface area (Å²) in [6.07, 6.45) is 1.50. The second-order valence-corrected chi connectivity index (χ2v) is 5.63. The lowest BCUT2D eigenvalue weighted by Gasteiger charge is -2.18. The van der Waals surface area contributed by atoms with Gasteiger partial charge in [-0.15, -0.1) is 0 Å². The third kappa shape index (κ3) is 5.03. The van der Waals surface area contributed by atoms with Gasteiger partial charge < -0.3 is 13.8 Å². The number of benzene rings is 1. The Hall–Kier alpha value is -1.35. The van der Waals surface area contributed by atoms with Crippen LogP contribution in [-0.2, 0) is 18.3 Å². The summed E-state index contributed by atoms with van der Waals surface area (Å²) in [4.78, 5) is 0. The summed E-state index contributed by atoms with van der Waals surface area (Å²) in [5.74, 6) is 0.453. The van der Waals surface area contributed by atoms with E-state index in [0.29, 0.717) is 17.7 Å². The molecule has 0 N–H and O–H groups in total. The van der Waals surface area contributed by atoms with Gasteiger partial charge in [-0.25, -0.2) is 0 Å². The minimum absolute atomic E-state index is 0.152. The summed E-state index contributed by atoms with van der Waals surface area (Å²) in [5.41, 5.74) is 0. The third-order valence-corrected chi connectivity index (χ3v) is 4.28. The van der Waals surface area contributed by atoms with E-state index >= 15 is 0 Å². The van der Waals surface area contributed by atoms with Crippen molar-refractivity contribution in [2.45, 2.75) is 6.92 Å². The molecule has 1 atom stereocenters. The van der Waals surface area contributed by atoms with E-state index in [4.69, 9.17) is 13.8 Å². The highest BCUT2D eigenvalue weighted by atomic mass is 31.2. The van der Waals surface area contributed by atoms with Gasteiger partial charge in [0.25, 0.3) is 0 Å². The maximum Gasteiger partial charge on any atom is 0.361 e. The van der Waals surface area contributed by atoms with Crippen LogP contribution in [0.1, 0.15) is 6.92 Å². The molecule has 0 aliphatic heterocycles. The molecule has 0 aromatic heterocycles. The Bertz CT molecular complexity index is 456. The molecule has 1 aromatic rings. The highest BCUT2D eigenvalue weighted by Gasteiger charge is 2.26. The van der Waals surface area contributed by atoms with Crippen molar-refractivity contribution in [3.8, 4) is 0 Å². The molecule has 0 spiro atoms. The van der Waals surface area contributed by atoms with Crippen LogP contribution >= 0.6 is 7.60 Å². The van der Waals surface area contributed by atoms with E-state index in [1.807, 2.05) is 6.07 Å². The normalized spacial score (nSPS) is 13.5. The summed E-state index contributed by atoms with van der Waals surface area (Å²) in [6, 6.07) is 8.87. The standard InChI is InChI=1S/C14H19O4P/c1-4-13(3)16-11-12-18-19(15,17-5-2)14-9-7-6-8-10-14/h4,6-10H,1,3,5,11-12H2,2H3. The SMILES string of the molecule is C=CC(=C)OCCOP(=O)(OCC)c1ccccc1. The lowest BCUT2D eigenvalue weighted by Crippen LogP contribution is -2.12. The molecular formula is C14H19O4P. The van der Waals surface area contributed by atoms with Crippen LogP contribution in [0.2, 0.25) is 0 Å². The van der Waals surface area contributed by atoms with Crippen LogP contribution in [0, 0.1) is 0 Å². The van der Waals surface area contributed by atoms with E-state index < -0.39 is 7.60 Å². The Labute approximate surface area is 114 Å². The summed E-state index contributed by atoms with van der Waals surface area (Å²) >= 11 is 0. The van der Waals surface area contributed by atoms with Crippen LogP contribution in [0.15, 0.2) is 55.3 Å². The van der Waals surface area contributed by atoms with Gasteiger partial charge >= 0.3 is 7.60 Å². The first kappa shape index (κ1) is 15.7. The van der Waals surface area contributed by atoms with Gasteiger partial charge in [0.1, 0.15) is 12.4 Å². The fourth-order valence-electron chi connectivity index (χ4n) is 1.36. The molecule has 0 aliphatic rings. The van der Waals surface area contributed by atoms with Crippen molar-refractivity contribution in [3.63, 3.8) is 0 Å². The topological polar surface area (TPSA) is 44.8 Å². The highest BCUT2D eigenvalue weighted by molar-refractivity contribution is 7.62. The first-order valence-electron chi connectivity index (χ1n) is 6.01. The third-order valence-electron chi connectivity index (χ3n) is 2.23. The molecule has 0 amide bonds. The first-order valence-corrected chi connectivity index (χ1v) is 7.55. The van der Waals surface area contributed by atoms with Crippen LogP contribution in [0.4, 0.5) is 0 Å². The maximum absolute atomic E-state index is 12.6. The van der Waals surface area contributed by atoms with Gasteiger partial charge in [0.05, 0.1) is 18.5 Å². The van der Waals surface area contributed by atoms with Crippen molar-refractivity contribution in [2.75, 3.05) is 19.8 Å². The Morgan fingerprint density at radius 1 is 1.26 bits per heavy atom. The molecule has 5 heteroatoms.